The second-order valence-electron chi connectivity index (χ2n) is 6.25. The lowest BCUT2D eigenvalue weighted by molar-refractivity contribution is -0.385. The number of carbonyl (C=O) groups excluding carboxylic acids is 1. The van der Waals surface area contributed by atoms with Gasteiger partial charge in [0.05, 0.1) is 27.3 Å². The van der Waals surface area contributed by atoms with E-state index in [1.807, 2.05) is 36.7 Å². The highest BCUT2D eigenvalue weighted by atomic mass is 79.9. The van der Waals surface area contributed by atoms with Gasteiger partial charge >= 0.3 is 5.69 Å². The highest BCUT2D eigenvalue weighted by molar-refractivity contribution is 9.10. The van der Waals surface area contributed by atoms with E-state index >= 15 is 0 Å². The first-order valence-corrected chi connectivity index (χ1v) is 9.41. The molecule has 3 rings (SSSR count). The van der Waals surface area contributed by atoms with E-state index in [1.54, 1.807) is 13.0 Å². The lowest BCUT2D eigenvalue weighted by Crippen LogP contribution is -2.19. The number of rotatable bonds is 6. The fraction of sp³-hybridized carbons (Fsp3) is 0.278. The summed E-state index contributed by atoms with van der Waals surface area (Å²) in [4.78, 5) is 23.2. The zero-order valence-electron chi connectivity index (χ0n) is 15.6. The lowest BCUT2D eigenvalue weighted by atomic mass is 10.2. The fourth-order valence-electron chi connectivity index (χ4n) is 2.92. The van der Waals surface area contributed by atoms with E-state index in [-0.39, 0.29) is 11.4 Å². The minimum Gasteiger partial charge on any atom is -0.320 e. The van der Waals surface area contributed by atoms with Crippen molar-refractivity contribution in [3.8, 4) is 0 Å². The molecule has 1 amide bonds. The summed E-state index contributed by atoms with van der Waals surface area (Å²) >= 11 is 3.51. The summed E-state index contributed by atoms with van der Waals surface area (Å²) in [7, 11) is 0. The van der Waals surface area contributed by atoms with Crippen LogP contribution in [0.2, 0.25) is 0 Å². The van der Waals surface area contributed by atoms with Gasteiger partial charge < -0.3 is 5.32 Å². The molecule has 0 radical (unpaired) electrons. The first kappa shape index (κ1) is 19.7. The SMILES string of the molecule is CCn1ncc([N+](=O)[O-])c1C(=O)Nc1cccc(Cn2nc(C)c(Br)c2C)c1. The molecule has 2 aromatic heterocycles. The van der Waals surface area contributed by atoms with Crippen molar-refractivity contribution in [2.45, 2.75) is 33.9 Å². The number of amides is 1. The van der Waals surface area contributed by atoms with Crippen molar-refractivity contribution in [1.82, 2.24) is 19.6 Å². The summed E-state index contributed by atoms with van der Waals surface area (Å²) in [5.41, 5.74) is 3.01. The van der Waals surface area contributed by atoms with Crippen molar-refractivity contribution in [3.05, 3.63) is 67.7 Å². The molecule has 3 aromatic rings. The Bertz CT molecular complexity index is 1060. The molecule has 0 atom stereocenters. The summed E-state index contributed by atoms with van der Waals surface area (Å²) in [6.07, 6.45) is 1.09. The van der Waals surface area contributed by atoms with Gasteiger partial charge in [0.15, 0.2) is 0 Å². The van der Waals surface area contributed by atoms with Crippen molar-refractivity contribution in [2.24, 2.45) is 0 Å². The van der Waals surface area contributed by atoms with Gasteiger partial charge in [-0.3, -0.25) is 24.3 Å². The summed E-state index contributed by atoms with van der Waals surface area (Å²) in [5.74, 6) is -0.572. The maximum Gasteiger partial charge on any atom is 0.320 e. The minimum absolute atomic E-state index is 0.0691. The number of anilines is 1. The fourth-order valence-corrected chi connectivity index (χ4v) is 3.21. The van der Waals surface area contributed by atoms with Crippen LogP contribution in [0.25, 0.3) is 0 Å². The summed E-state index contributed by atoms with van der Waals surface area (Å²) in [5, 5.41) is 22.3. The number of halogens is 1. The summed E-state index contributed by atoms with van der Waals surface area (Å²) in [6, 6.07) is 7.30. The van der Waals surface area contributed by atoms with Crippen LogP contribution in [0, 0.1) is 24.0 Å². The standard InChI is InChI=1S/C18H19BrN6O3/c1-4-23-17(15(9-20-23)25(27)28)18(26)21-14-7-5-6-13(8-14)10-24-12(3)16(19)11(2)22-24/h5-9H,4,10H2,1-3H3,(H,21,26). The van der Waals surface area contributed by atoms with Crippen LogP contribution in [0.1, 0.15) is 34.4 Å². The third kappa shape index (κ3) is 3.81. The summed E-state index contributed by atoms with van der Waals surface area (Å²) in [6.45, 7) is 6.55. The molecule has 0 saturated heterocycles. The Labute approximate surface area is 169 Å². The Morgan fingerprint density at radius 2 is 2.07 bits per heavy atom. The number of hydrogen-bond acceptors (Lipinski definition) is 5. The Morgan fingerprint density at radius 1 is 1.32 bits per heavy atom. The van der Waals surface area contributed by atoms with Crippen LogP contribution in [0.5, 0.6) is 0 Å². The van der Waals surface area contributed by atoms with Crippen molar-refractivity contribution in [2.75, 3.05) is 5.32 Å². The molecular weight excluding hydrogens is 428 g/mol. The number of hydrogen-bond donors (Lipinski definition) is 1. The molecule has 0 bridgehead atoms. The normalized spacial score (nSPS) is 10.9. The highest BCUT2D eigenvalue weighted by Gasteiger charge is 2.26. The van der Waals surface area contributed by atoms with Crippen LogP contribution in [0.15, 0.2) is 34.9 Å². The lowest BCUT2D eigenvalue weighted by Gasteiger charge is -2.09. The van der Waals surface area contributed by atoms with Crippen LogP contribution < -0.4 is 5.32 Å². The molecule has 0 aliphatic rings. The van der Waals surface area contributed by atoms with E-state index in [4.69, 9.17) is 0 Å². The molecule has 1 aromatic carbocycles. The Hall–Kier alpha value is -3.01. The van der Waals surface area contributed by atoms with Crippen molar-refractivity contribution in [3.63, 3.8) is 0 Å². The van der Waals surface area contributed by atoms with E-state index in [0.717, 1.165) is 27.6 Å². The molecule has 0 aliphatic heterocycles. The van der Waals surface area contributed by atoms with Crippen LogP contribution in [0.3, 0.4) is 0 Å². The van der Waals surface area contributed by atoms with Gasteiger partial charge in [0.1, 0.15) is 6.20 Å². The van der Waals surface area contributed by atoms with Gasteiger partial charge in [0.25, 0.3) is 5.91 Å². The molecule has 1 N–H and O–H groups in total. The zero-order chi connectivity index (χ0) is 20.4. The quantitative estimate of drug-likeness (QED) is 0.458. The molecule has 0 saturated carbocycles. The highest BCUT2D eigenvalue weighted by Crippen LogP contribution is 2.22. The van der Waals surface area contributed by atoms with Gasteiger partial charge in [0.2, 0.25) is 5.69 Å². The van der Waals surface area contributed by atoms with Gasteiger partial charge in [-0.05, 0) is 54.4 Å². The van der Waals surface area contributed by atoms with E-state index in [2.05, 4.69) is 31.4 Å². The van der Waals surface area contributed by atoms with Crippen molar-refractivity contribution >= 4 is 33.2 Å². The van der Waals surface area contributed by atoms with E-state index in [9.17, 15) is 14.9 Å². The van der Waals surface area contributed by atoms with Crippen molar-refractivity contribution in [1.29, 1.82) is 0 Å². The van der Waals surface area contributed by atoms with Crippen LogP contribution in [-0.2, 0) is 13.1 Å². The molecule has 2 heterocycles. The predicted octanol–water partition coefficient (Wildman–Crippen LogP) is 3.69. The predicted molar refractivity (Wildman–Crippen MR) is 107 cm³/mol. The number of nitro groups is 1. The van der Waals surface area contributed by atoms with E-state index in [1.165, 1.54) is 4.68 Å². The number of nitrogens with one attached hydrogen (secondary N) is 1. The number of benzene rings is 1. The summed E-state index contributed by atoms with van der Waals surface area (Å²) < 4.78 is 4.15. The van der Waals surface area contributed by atoms with E-state index < -0.39 is 10.8 Å². The zero-order valence-corrected chi connectivity index (χ0v) is 17.2. The molecule has 28 heavy (non-hydrogen) atoms. The second-order valence-corrected chi connectivity index (χ2v) is 7.04. The molecule has 0 fully saturated rings. The van der Waals surface area contributed by atoms with E-state index in [0.29, 0.717) is 18.8 Å². The number of aromatic nitrogens is 4. The average molecular weight is 447 g/mol. The number of carbonyl (C=O) groups is 1. The molecule has 0 spiro atoms. The van der Waals surface area contributed by atoms with Gasteiger partial charge in [-0.1, -0.05) is 12.1 Å². The van der Waals surface area contributed by atoms with Gasteiger partial charge in [-0.2, -0.15) is 10.2 Å². The molecule has 9 nitrogen and oxygen atoms in total. The van der Waals surface area contributed by atoms with Gasteiger partial charge in [-0.25, -0.2) is 0 Å². The third-order valence-corrected chi connectivity index (χ3v) is 5.49. The van der Waals surface area contributed by atoms with Crippen molar-refractivity contribution < 1.29 is 9.72 Å². The molecule has 0 unspecified atom stereocenters. The molecular formula is C18H19BrN6O3. The Balaban J connectivity index is 1.83. The van der Waals surface area contributed by atoms with Crippen LogP contribution in [-0.4, -0.2) is 30.4 Å². The minimum atomic E-state index is -0.606. The topological polar surface area (TPSA) is 108 Å². The van der Waals surface area contributed by atoms with Gasteiger partial charge in [-0.15, -0.1) is 0 Å². The number of aryl methyl sites for hydroxylation is 2. The average Bonchev–Trinajstić information content (AvgIpc) is 3.19. The monoisotopic (exact) mass is 446 g/mol. The first-order valence-electron chi connectivity index (χ1n) is 8.61. The molecule has 10 heteroatoms. The third-order valence-electron chi connectivity index (χ3n) is 4.34. The Kier molecular flexibility index (Phi) is 5.59. The van der Waals surface area contributed by atoms with Crippen LogP contribution in [0.4, 0.5) is 11.4 Å². The smallest absolute Gasteiger partial charge is 0.320 e. The largest absolute Gasteiger partial charge is 0.320 e. The maximum absolute atomic E-state index is 12.7. The Morgan fingerprint density at radius 3 is 2.68 bits per heavy atom. The van der Waals surface area contributed by atoms with Gasteiger partial charge in [0, 0.05) is 12.2 Å². The first-order chi connectivity index (χ1) is 13.3. The van der Waals surface area contributed by atoms with Crippen LogP contribution >= 0.6 is 15.9 Å². The number of nitrogens with zero attached hydrogens (tertiary/aromatic N) is 5. The maximum atomic E-state index is 12.7. The molecule has 0 aliphatic carbocycles. The second kappa shape index (κ2) is 7.93. The molecule has 146 valence electrons.